The molecule has 0 bridgehead atoms. The predicted molar refractivity (Wildman–Crippen MR) is 78.5 cm³/mol. The molecule has 0 unspecified atom stereocenters. The van der Waals surface area contributed by atoms with Gasteiger partial charge in [-0.1, -0.05) is 30.3 Å². The maximum absolute atomic E-state index is 9.11. The molecule has 1 aromatic carbocycles. The van der Waals surface area contributed by atoms with Crippen LogP contribution >= 0.6 is 11.3 Å². The summed E-state index contributed by atoms with van der Waals surface area (Å²) in [6.45, 7) is 7.14. The third-order valence-electron chi connectivity index (χ3n) is 2.90. The van der Waals surface area contributed by atoms with E-state index in [4.69, 9.17) is 16.6 Å². The standard InChI is InChI=1S/C16H8N2OS/c1-18-13(10-17)12-9-15(11-5-3-2-4-6-11)19-14-7-8-20-16(12)14/h2-9H. The van der Waals surface area contributed by atoms with E-state index in [1.54, 1.807) is 6.08 Å². The molecule has 0 spiro atoms. The van der Waals surface area contributed by atoms with Crippen LogP contribution in [0, 0.1) is 17.9 Å². The Balaban J connectivity index is 2.20. The predicted octanol–water partition coefficient (Wildman–Crippen LogP) is 4.34. The molecule has 94 valence electrons. The van der Waals surface area contributed by atoms with Gasteiger partial charge in [-0.05, 0) is 17.5 Å². The lowest BCUT2D eigenvalue weighted by molar-refractivity contribution is 0.512. The number of rotatable bonds is 1. The minimum absolute atomic E-state index is 0.0884. The Morgan fingerprint density at radius 1 is 1.25 bits per heavy atom. The van der Waals surface area contributed by atoms with E-state index < -0.39 is 0 Å². The molecule has 2 heterocycles. The van der Waals surface area contributed by atoms with Gasteiger partial charge in [0, 0.05) is 11.1 Å². The average molecular weight is 276 g/mol. The number of fused-ring (bicyclic) bond motifs is 1. The molecule has 0 fully saturated rings. The van der Waals surface area contributed by atoms with Crippen molar-refractivity contribution in [3.8, 4) is 11.8 Å². The second-order valence-electron chi connectivity index (χ2n) is 4.08. The van der Waals surface area contributed by atoms with Crippen LogP contribution in [0.3, 0.4) is 0 Å². The van der Waals surface area contributed by atoms with Crippen molar-refractivity contribution in [2.45, 2.75) is 0 Å². The van der Waals surface area contributed by atoms with Gasteiger partial charge in [-0.15, -0.1) is 11.3 Å². The fourth-order valence-corrected chi connectivity index (χ4v) is 2.82. The van der Waals surface area contributed by atoms with Gasteiger partial charge in [-0.3, -0.25) is 0 Å². The molecule has 20 heavy (non-hydrogen) atoms. The van der Waals surface area contributed by atoms with Crippen LogP contribution in [-0.4, -0.2) is 0 Å². The molecule has 0 radical (unpaired) electrons. The van der Waals surface area contributed by atoms with Crippen LogP contribution < -0.4 is 4.74 Å². The van der Waals surface area contributed by atoms with E-state index in [0.29, 0.717) is 17.1 Å². The van der Waals surface area contributed by atoms with Gasteiger partial charge in [0.25, 0.3) is 5.70 Å². The largest absolute Gasteiger partial charge is 0.455 e. The Labute approximate surface area is 120 Å². The maximum atomic E-state index is 9.11. The van der Waals surface area contributed by atoms with Crippen molar-refractivity contribution in [1.29, 1.82) is 5.26 Å². The van der Waals surface area contributed by atoms with Crippen molar-refractivity contribution >= 4 is 22.7 Å². The molecule has 4 heteroatoms. The summed E-state index contributed by atoms with van der Waals surface area (Å²) in [6.07, 6.45) is 1.77. The minimum atomic E-state index is 0.0884. The Bertz CT molecular complexity index is 785. The van der Waals surface area contributed by atoms with Crippen molar-refractivity contribution in [3.05, 3.63) is 75.4 Å². The summed E-state index contributed by atoms with van der Waals surface area (Å²) < 4.78 is 5.85. The zero-order valence-electron chi connectivity index (χ0n) is 10.3. The summed E-state index contributed by atoms with van der Waals surface area (Å²) in [7, 11) is 0. The quantitative estimate of drug-likeness (QED) is 0.574. The number of ether oxygens (including phenoxy) is 1. The highest BCUT2D eigenvalue weighted by atomic mass is 32.1. The molecule has 0 saturated heterocycles. The molecule has 1 aliphatic rings. The van der Waals surface area contributed by atoms with Gasteiger partial charge in [0.15, 0.2) is 0 Å². The molecule has 0 aliphatic carbocycles. The van der Waals surface area contributed by atoms with E-state index in [1.807, 2.05) is 47.8 Å². The highest BCUT2D eigenvalue weighted by Crippen LogP contribution is 2.41. The van der Waals surface area contributed by atoms with Gasteiger partial charge in [0.05, 0.1) is 17.5 Å². The summed E-state index contributed by atoms with van der Waals surface area (Å²) in [5.41, 5.74) is 1.65. The second kappa shape index (κ2) is 5.05. The lowest BCUT2D eigenvalue weighted by Crippen LogP contribution is -2.02. The molecule has 1 aromatic heterocycles. The van der Waals surface area contributed by atoms with Crippen molar-refractivity contribution in [2.24, 2.45) is 0 Å². The maximum Gasteiger partial charge on any atom is 0.270 e. The zero-order chi connectivity index (χ0) is 13.9. The van der Waals surface area contributed by atoms with Gasteiger partial charge in [-0.25, -0.2) is 10.1 Å². The first-order valence-corrected chi connectivity index (χ1v) is 6.76. The molecule has 3 rings (SSSR count). The van der Waals surface area contributed by atoms with E-state index in [1.165, 1.54) is 11.3 Å². The monoisotopic (exact) mass is 276 g/mol. The second-order valence-corrected chi connectivity index (χ2v) is 4.99. The van der Waals surface area contributed by atoms with Crippen molar-refractivity contribution in [3.63, 3.8) is 0 Å². The Kier molecular flexibility index (Phi) is 3.09. The van der Waals surface area contributed by atoms with Crippen LogP contribution in [0.2, 0.25) is 0 Å². The van der Waals surface area contributed by atoms with Gasteiger partial charge < -0.3 is 4.74 Å². The van der Waals surface area contributed by atoms with E-state index in [-0.39, 0.29) is 5.70 Å². The van der Waals surface area contributed by atoms with Crippen molar-refractivity contribution < 1.29 is 4.74 Å². The van der Waals surface area contributed by atoms with Crippen LogP contribution in [0.25, 0.3) is 16.2 Å². The Morgan fingerprint density at radius 3 is 2.75 bits per heavy atom. The first kappa shape index (κ1) is 12.2. The average Bonchev–Trinajstić information content (AvgIpc) is 2.97. The molecule has 0 amide bonds. The number of benzene rings is 1. The molecule has 0 saturated carbocycles. The van der Waals surface area contributed by atoms with Crippen LogP contribution in [0.15, 0.2) is 53.6 Å². The van der Waals surface area contributed by atoms with Crippen molar-refractivity contribution in [1.82, 2.24) is 0 Å². The molecule has 0 N–H and O–H groups in total. The van der Waals surface area contributed by atoms with Crippen LogP contribution in [0.5, 0.6) is 5.75 Å². The third-order valence-corrected chi connectivity index (χ3v) is 3.83. The fourth-order valence-electron chi connectivity index (χ4n) is 1.98. The topological polar surface area (TPSA) is 37.4 Å². The van der Waals surface area contributed by atoms with Crippen LogP contribution in [-0.2, 0) is 0 Å². The molecule has 3 nitrogen and oxygen atoms in total. The molecule has 1 aliphatic heterocycles. The van der Waals surface area contributed by atoms with Gasteiger partial charge >= 0.3 is 0 Å². The molecule has 0 atom stereocenters. The molecular formula is C16H8N2OS. The van der Waals surface area contributed by atoms with Gasteiger partial charge in [0.2, 0.25) is 0 Å². The summed E-state index contributed by atoms with van der Waals surface area (Å²) >= 11 is 1.47. The first-order chi connectivity index (χ1) is 9.83. The van der Waals surface area contributed by atoms with Gasteiger partial charge in [-0.2, -0.15) is 0 Å². The smallest absolute Gasteiger partial charge is 0.270 e. The fraction of sp³-hybridized carbons (Fsp3) is 0. The SMILES string of the molecule is [C-]#[N+]C(C#N)=C1C=C(c2ccccc2)Oc2ccsc21. The molecule has 2 aromatic rings. The number of nitriles is 1. The highest BCUT2D eigenvalue weighted by Gasteiger charge is 2.22. The summed E-state index contributed by atoms with van der Waals surface area (Å²) in [5, 5.41) is 11.0. The highest BCUT2D eigenvalue weighted by molar-refractivity contribution is 7.11. The normalized spacial score (nSPS) is 15.2. The van der Waals surface area contributed by atoms with E-state index in [0.717, 1.165) is 10.4 Å². The summed E-state index contributed by atoms with van der Waals surface area (Å²) in [6, 6.07) is 13.5. The van der Waals surface area contributed by atoms with Gasteiger partial charge in [0.1, 0.15) is 11.5 Å². The number of thiophene rings is 1. The summed E-state index contributed by atoms with van der Waals surface area (Å²) in [4.78, 5) is 4.14. The number of hydrogen-bond acceptors (Lipinski definition) is 3. The Hall–Kier alpha value is -2.82. The van der Waals surface area contributed by atoms with E-state index in [9.17, 15) is 0 Å². The number of nitrogens with zero attached hydrogens (tertiary/aromatic N) is 2. The molecular weight excluding hydrogens is 268 g/mol. The zero-order valence-corrected chi connectivity index (χ0v) is 11.1. The van der Waals surface area contributed by atoms with Crippen LogP contribution in [0.4, 0.5) is 0 Å². The van der Waals surface area contributed by atoms with Crippen molar-refractivity contribution in [2.75, 3.05) is 0 Å². The third kappa shape index (κ3) is 1.99. The van der Waals surface area contributed by atoms with E-state index >= 15 is 0 Å². The summed E-state index contributed by atoms with van der Waals surface area (Å²) in [5.74, 6) is 1.35. The number of hydrogen-bond donors (Lipinski definition) is 0. The lowest BCUT2D eigenvalue weighted by atomic mass is 10.1. The first-order valence-electron chi connectivity index (χ1n) is 5.88. The van der Waals surface area contributed by atoms with Crippen LogP contribution in [0.1, 0.15) is 10.4 Å². The lowest BCUT2D eigenvalue weighted by Gasteiger charge is -2.17. The minimum Gasteiger partial charge on any atom is -0.455 e. The van der Waals surface area contributed by atoms with E-state index in [2.05, 4.69) is 4.85 Å². The Morgan fingerprint density at radius 2 is 2.05 bits per heavy atom. The number of allylic oxidation sites excluding steroid dienone is 3.